The quantitative estimate of drug-likeness (QED) is 0.906. The SMILES string of the molecule is O=C(O)C1COCCN1C(=O)c1cccc(Cl)c1Cl. The first-order chi connectivity index (χ1) is 9.02. The van der Waals surface area contributed by atoms with E-state index in [0.29, 0.717) is 6.61 Å². The molecule has 19 heavy (non-hydrogen) atoms. The number of hydrogen-bond acceptors (Lipinski definition) is 3. The molecule has 1 aliphatic rings. The van der Waals surface area contributed by atoms with Crippen LogP contribution in [-0.4, -0.2) is 47.7 Å². The molecule has 1 aromatic carbocycles. The maximum absolute atomic E-state index is 12.4. The van der Waals surface area contributed by atoms with Crippen LogP contribution in [-0.2, 0) is 9.53 Å². The van der Waals surface area contributed by atoms with Gasteiger partial charge in [-0.3, -0.25) is 4.79 Å². The Bertz CT molecular complexity index is 520. The zero-order valence-electron chi connectivity index (χ0n) is 9.81. The second-order valence-electron chi connectivity index (χ2n) is 4.03. The first-order valence-electron chi connectivity index (χ1n) is 5.58. The minimum Gasteiger partial charge on any atom is -0.480 e. The van der Waals surface area contributed by atoms with Crippen LogP contribution in [0.3, 0.4) is 0 Å². The molecule has 102 valence electrons. The van der Waals surface area contributed by atoms with E-state index in [4.69, 9.17) is 33.0 Å². The largest absolute Gasteiger partial charge is 0.480 e. The van der Waals surface area contributed by atoms with Crippen molar-refractivity contribution in [2.45, 2.75) is 6.04 Å². The molecule has 1 unspecified atom stereocenters. The summed E-state index contributed by atoms with van der Waals surface area (Å²) in [7, 11) is 0. The predicted octanol–water partition coefficient (Wildman–Crippen LogP) is 1.92. The van der Waals surface area contributed by atoms with Gasteiger partial charge in [-0.2, -0.15) is 0 Å². The molecule has 1 atom stereocenters. The summed E-state index contributed by atoms with van der Waals surface area (Å²) >= 11 is 11.8. The standard InChI is InChI=1S/C12H11Cl2NO4/c13-8-3-1-2-7(10(8)14)11(16)15-4-5-19-6-9(15)12(17)18/h1-3,9H,4-6H2,(H,17,18). The van der Waals surface area contributed by atoms with Crippen LogP contribution in [0.5, 0.6) is 0 Å². The number of hydrogen-bond donors (Lipinski definition) is 1. The Hall–Kier alpha value is -1.30. The van der Waals surface area contributed by atoms with E-state index in [0.717, 1.165) is 0 Å². The normalized spacial score (nSPS) is 19.3. The van der Waals surface area contributed by atoms with Crippen LogP contribution in [0.1, 0.15) is 10.4 Å². The summed E-state index contributed by atoms with van der Waals surface area (Å²) in [6.07, 6.45) is 0. The van der Waals surface area contributed by atoms with Gasteiger partial charge in [0.15, 0.2) is 6.04 Å². The van der Waals surface area contributed by atoms with Crippen LogP contribution in [0.25, 0.3) is 0 Å². The third-order valence-corrected chi connectivity index (χ3v) is 3.68. The van der Waals surface area contributed by atoms with Crippen molar-refractivity contribution in [1.82, 2.24) is 4.90 Å². The lowest BCUT2D eigenvalue weighted by Crippen LogP contribution is -2.52. The maximum atomic E-state index is 12.4. The summed E-state index contributed by atoms with van der Waals surface area (Å²) in [4.78, 5) is 24.7. The summed E-state index contributed by atoms with van der Waals surface area (Å²) in [5.74, 6) is -1.56. The Morgan fingerprint density at radius 1 is 1.37 bits per heavy atom. The van der Waals surface area contributed by atoms with E-state index in [9.17, 15) is 9.59 Å². The first-order valence-corrected chi connectivity index (χ1v) is 6.33. The summed E-state index contributed by atoms with van der Waals surface area (Å²) in [5.41, 5.74) is 0.197. The van der Waals surface area contributed by atoms with Crippen LogP contribution in [0, 0.1) is 0 Å². The molecule has 1 saturated heterocycles. The molecule has 1 amide bonds. The topological polar surface area (TPSA) is 66.8 Å². The lowest BCUT2D eigenvalue weighted by atomic mass is 10.1. The van der Waals surface area contributed by atoms with Crippen LogP contribution < -0.4 is 0 Å². The monoisotopic (exact) mass is 303 g/mol. The smallest absolute Gasteiger partial charge is 0.328 e. The van der Waals surface area contributed by atoms with E-state index in [1.165, 1.54) is 11.0 Å². The molecule has 1 heterocycles. The number of carboxylic acids is 1. The molecular weight excluding hydrogens is 293 g/mol. The molecule has 0 aromatic heterocycles. The number of benzene rings is 1. The number of aliphatic carboxylic acids is 1. The Morgan fingerprint density at radius 3 is 2.79 bits per heavy atom. The second kappa shape index (κ2) is 5.77. The first kappa shape index (κ1) is 14.1. The van der Waals surface area contributed by atoms with Gasteiger partial charge in [0.25, 0.3) is 5.91 Å². The summed E-state index contributed by atoms with van der Waals surface area (Å²) in [6, 6.07) is 3.67. The minimum atomic E-state index is -1.11. The molecule has 1 fully saturated rings. The number of morpholine rings is 1. The van der Waals surface area contributed by atoms with Crippen molar-refractivity contribution in [2.75, 3.05) is 19.8 Å². The van der Waals surface area contributed by atoms with E-state index in [2.05, 4.69) is 0 Å². The Morgan fingerprint density at radius 2 is 2.11 bits per heavy atom. The fraction of sp³-hybridized carbons (Fsp3) is 0.333. The van der Waals surface area contributed by atoms with E-state index in [-0.39, 0.29) is 28.8 Å². The van der Waals surface area contributed by atoms with Crippen molar-refractivity contribution in [3.63, 3.8) is 0 Å². The molecule has 0 radical (unpaired) electrons. The van der Waals surface area contributed by atoms with Crippen LogP contribution in [0.4, 0.5) is 0 Å². The van der Waals surface area contributed by atoms with Crippen molar-refractivity contribution in [1.29, 1.82) is 0 Å². The average Bonchev–Trinajstić information content (AvgIpc) is 2.41. The van der Waals surface area contributed by atoms with Gasteiger partial charge in [0.2, 0.25) is 0 Å². The number of nitrogens with zero attached hydrogens (tertiary/aromatic N) is 1. The Labute approximate surface area is 119 Å². The number of rotatable bonds is 2. The van der Waals surface area contributed by atoms with Crippen molar-refractivity contribution in [3.8, 4) is 0 Å². The third kappa shape index (κ3) is 2.83. The molecule has 1 aliphatic heterocycles. The second-order valence-corrected chi connectivity index (χ2v) is 4.81. The van der Waals surface area contributed by atoms with E-state index < -0.39 is 17.9 Å². The molecular formula is C12H11Cl2NO4. The molecule has 7 heteroatoms. The molecule has 2 rings (SSSR count). The number of carbonyl (C=O) groups is 2. The van der Waals surface area contributed by atoms with Crippen LogP contribution in [0.2, 0.25) is 10.0 Å². The molecule has 1 N–H and O–H groups in total. The highest BCUT2D eigenvalue weighted by Crippen LogP contribution is 2.27. The van der Waals surface area contributed by atoms with Gasteiger partial charge >= 0.3 is 5.97 Å². The van der Waals surface area contributed by atoms with E-state index >= 15 is 0 Å². The van der Waals surface area contributed by atoms with Gasteiger partial charge in [-0.15, -0.1) is 0 Å². The highest BCUT2D eigenvalue weighted by Gasteiger charge is 2.34. The number of amides is 1. The molecule has 0 bridgehead atoms. The van der Waals surface area contributed by atoms with Gasteiger partial charge in [0.1, 0.15) is 0 Å². The van der Waals surface area contributed by atoms with Crippen LogP contribution in [0.15, 0.2) is 18.2 Å². The fourth-order valence-electron chi connectivity index (χ4n) is 1.88. The average molecular weight is 304 g/mol. The molecule has 0 saturated carbocycles. The zero-order chi connectivity index (χ0) is 14.0. The van der Waals surface area contributed by atoms with Gasteiger partial charge in [0.05, 0.1) is 28.8 Å². The minimum absolute atomic E-state index is 0.0285. The lowest BCUT2D eigenvalue weighted by molar-refractivity contribution is -0.147. The highest BCUT2D eigenvalue weighted by molar-refractivity contribution is 6.43. The third-order valence-electron chi connectivity index (χ3n) is 2.86. The van der Waals surface area contributed by atoms with E-state index in [1.807, 2.05) is 0 Å². The summed E-state index contributed by atoms with van der Waals surface area (Å²) < 4.78 is 5.08. The number of halogens is 2. The van der Waals surface area contributed by atoms with Crippen molar-refractivity contribution >= 4 is 35.1 Å². The van der Waals surface area contributed by atoms with E-state index in [1.54, 1.807) is 12.1 Å². The maximum Gasteiger partial charge on any atom is 0.328 e. The van der Waals surface area contributed by atoms with Gasteiger partial charge in [-0.25, -0.2) is 4.79 Å². The highest BCUT2D eigenvalue weighted by atomic mass is 35.5. The number of ether oxygens (including phenoxy) is 1. The Kier molecular flexibility index (Phi) is 4.29. The van der Waals surface area contributed by atoms with Crippen molar-refractivity contribution < 1.29 is 19.4 Å². The number of carbonyl (C=O) groups excluding carboxylic acids is 1. The molecule has 5 nitrogen and oxygen atoms in total. The van der Waals surface area contributed by atoms with Crippen molar-refractivity contribution in [3.05, 3.63) is 33.8 Å². The van der Waals surface area contributed by atoms with Gasteiger partial charge < -0.3 is 14.7 Å². The van der Waals surface area contributed by atoms with Gasteiger partial charge in [0, 0.05) is 6.54 Å². The molecule has 0 spiro atoms. The van der Waals surface area contributed by atoms with Crippen LogP contribution >= 0.6 is 23.2 Å². The summed E-state index contributed by atoms with van der Waals surface area (Å²) in [6.45, 7) is 0.478. The predicted molar refractivity (Wildman–Crippen MR) is 69.7 cm³/mol. The van der Waals surface area contributed by atoms with Gasteiger partial charge in [-0.1, -0.05) is 29.3 Å². The fourth-order valence-corrected chi connectivity index (χ4v) is 2.26. The molecule has 1 aromatic rings. The Balaban J connectivity index is 2.31. The summed E-state index contributed by atoms with van der Waals surface area (Å²) in [5, 5.41) is 9.48. The van der Waals surface area contributed by atoms with Crippen molar-refractivity contribution in [2.24, 2.45) is 0 Å². The lowest BCUT2D eigenvalue weighted by Gasteiger charge is -2.33. The zero-order valence-corrected chi connectivity index (χ0v) is 11.3. The van der Waals surface area contributed by atoms with Gasteiger partial charge in [-0.05, 0) is 12.1 Å². The number of carboxylic acid groups (broad SMARTS) is 1. The molecule has 0 aliphatic carbocycles.